The lowest BCUT2D eigenvalue weighted by Gasteiger charge is -2.60. The molecule has 4 saturated carbocycles. The highest BCUT2D eigenvalue weighted by molar-refractivity contribution is 5.13. The largest absolute Gasteiger partial charge is 0.468 e. The van der Waals surface area contributed by atoms with Gasteiger partial charge in [-0.25, -0.2) is 0 Å². The number of hydrogen-bond acceptors (Lipinski definition) is 3. The first kappa shape index (κ1) is 11.1. The summed E-state index contributed by atoms with van der Waals surface area (Å²) in [7, 11) is 0. The van der Waals surface area contributed by atoms with Gasteiger partial charge in [0, 0.05) is 5.54 Å². The van der Waals surface area contributed by atoms with E-state index in [4.69, 9.17) is 4.42 Å². The summed E-state index contributed by atoms with van der Waals surface area (Å²) in [6.45, 7) is 0.794. The molecule has 5 rings (SSSR count). The molecule has 1 aromatic rings. The predicted molar refractivity (Wildman–Crippen MR) is 67.9 cm³/mol. The van der Waals surface area contributed by atoms with Crippen molar-refractivity contribution < 1.29 is 9.52 Å². The van der Waals surface area contributed by atoms with E-state index < -0.39 is 0 Å². The molecule has 2 atom stereocenters. The fraction of sp³-hybridized carbons (Fsp3) is 0.733. The maximum absolute atomic E-state index is 10.7. The summed E-state index contributed by atoms with van der Waals surface area (Å²) in [5.41, 5.74) is -0.203. The van der Waals surface area contributed by atoms with E-state index in [0.717, 1.165) is 43.4 Å². The second-order valence-electron chi connectivity index (χ2n) is 6.90. The van der Waals surface area contributed by atoms with Gasteiger partial charge in [-0.05, 0) is 62.5 Å². The Balaban J connectivity index is 1.53. The predicted octanol–water partition coefficient (Wildman–Crippen LogP) is 2.45. The monoisotopic (exact) mass is 247 g/mol. The molecule has 4 aliphatic rings. The van der Waals surface area contributed by atoms with Gasteiger partial charge >= 0.3 is 0 Å². The second-order valence-corrected chi connectivity index (χ2v) is 6.90. The third-order valence-electron chi connectivity index (χ3n) is 5.25. The van der Waals surface area contributed by atoms with Crippen LogP contribution in [-0.2, 0) is 6.54 Å². The SMILES string of the molecule is OC12C[C@@H]3C[C@@H](C1)CC(NCc1ccco1)(C3)C2. The summed E-state index contributed by atoms with van der Waals surface area (Å²) < 4.78 is 5.40. The molecule has 18 heavy (non-hydrogen) atoms. The summed E-state index contributed by atoms with van der Waals surface area (Å²) in [4.78, 5) is 0. The van der Waals surface area contributed by atoms with Crippen molar-refractivity contribution in [2.24, 2.45) is 11.8 Å². The number of aliphatic hydroxyl groups is 1. The van der Waals surface area contributed by atoms with Crippen LogP contribution < -0.4 is 5.32 Å². The van der Waals surface area contributed by atoms with Gasteiger partial charge in [-0.1, -0.05) is 0 Å². The molecule has 3 nitrogen and oxygen atoms in total. The Morgan fingerprint density at radius 2 is 2.06 bits per heavy atom. The zero-order chi connectivity index (χ0) is 12.2. The van der Waals surface area contributed by atoms with E-state index in [1.54, 1.807) is 6.26 Å². The van der Waals surface area contributed by atoms with Crippen molar-refractivity contribution in [2.75, 3.05) is 0 Å². The molecule has 0 unspecified atom stereocenters. The van der Waals surface area contributed by atoms with E-state index >= 15 is 0 Å². The Hall–Kier alpha value is -0.800. The molecular formula is C15H21NO2. The Morgan fingerprint density at radius 1 is 1.28 bits per heavy atom. The van der Waals surface area contributed by atoms with Crippen molar-refractivity contribution in [1.82, 2.24) is 5.32 Å². The van der Waals surface area contributed by atoms with Crippen LogP contribution in [0.3, 0.4) is 0 Å². The van der Waals surface area contributed by atoms with E-state index in [0.29, 0.717) is 0 Å². The molecular weight excluding hydrogens is 226 g/mol. The molecule has 4 fully saturated rings. The van der Waals surface area contributed by atoms with Crippen molar-refractivity contribution in [2.45, 2.75) is 56.2 Å². The van der Waals surface area contributed by atoms with Gasteiger partial charge in [-0.2, -0.15) is 0 Å². The summed E-state index contributed by atoms with van der Waals surface area (Å²) in [6, 6.07) is 3.95. The normalized spacial score (nSPS) is 45.6. The Morgan fingerprint density at radius 3 is 2.67 bits per heavy atom. The van der Waals surface area contributed by atoms with Gasteiger partial charge in [0.2, 0.25) is 0 Å². The minimum atomic E-state index is -0.375. The van der Waals surface area contributed by atoms with Crippen molar-refractivity contribution in [3.05, 3.63) is 24.2 Å². The van der Waals surface area contributed by atoms with Crippen molar-refractivity contribution in [3.63, 3.8) is 0 Å². The Kier molecular flexibility index (Phi) is 2.22. The van der Waals surface area contributed by atoms with Crippen LogP contribution in [0.1, 0.15) is 44.3 Å². The first-order valence-electron chi connectivity index (χ1n) is 7.15. The zero-order valence-electron chi connectivity index (χ0n) is 10.7. The summed E-state index contributed by atoms with van der Waals surface area (Å²) in [6.07, 6.45) is 8.56. The number of rotatable bonds is 3. The summed E-state index contributed by atoms with van der Waals surface area (Å²) in [5, 5.41) is 14.4. The van der Waals surface area contributed by atoms with E-state index in [2.05, 4.69) is 5.32 Å². The minimum absolute atomic E-state index is 0.172. The van der Waals surface area contributed by atoms with Gasteiger partial charge < -0.3 is 14.8 Å². The first-order chi connectivity index (χ1) is 8.65. The molecule has 0 radical (unpaired) electrons. The van der Waals surface area contributed by atoms with Crippen molar-refractivity contribution in [3.8, 4) is 0 Å². The lowest BCUT2D eigenvalue weighted by atomic mass is 9.51. The van der Waals surface area contributed by atoms with E-state index in [1.165, 1.54) is 19.3 Å². The quantitative estimate of drug-likeness (QED) is 0.862. The standard InChI is InChI=1S/C15H21NO2/c17-15-7-11-4-12(8-15)6-14(5-11,10-15)16-9-13-2-1-3-18-13/h1-3,11-12,16-17H,4-10H2/t11-,12-,14?,15?/m1/s1. The van der Waals surface area contributed by atoms with Crippen LogP contribution in [0, 0.1) is 11.8 Å². The smallest absolute Gasteiger partial charge is 0.117 e. The number of nitrogens with one attached hydrogen (secondary N) is 1. The zero-order valence-corrected chi connectivity index (χ0v) is 10.7. The van der Waals surface area contributed by atoms with Crippen molar-refractivity contribution in [1.29, 1.82) is 0 Å². The highest BCUT2D eigenvalue weighted by Crippen LogP contribution is 2.57. The third kappa shape index (κ3) is 1.72. The topological polar surface area (TPSA) is 45.4 Å². The molecule has 0 amide bonds. The van der Waals surface area contributed by atoms with Gasteiger partial charge in [0.25, 0.3) is 0 Å². The Bertz CT molecular complexity index is 425. The van der Waals surface area contributed by atoms with E-state index in [-0.39, 0.29) is 11.1 Å². The maximum atomic E-state index is 10.7. The molecule has 0 aliphatic heterocycles. The average Bonchev–Trinajstić information content (AvgIpc) is 2.75. The highest BCUT2D eigenvalue weighted by atomic mass is 16.3. The molecule has 3 heteroatoms. The molecule has 0 saturated heterocycles. The lowest BCUT2D eigenvalue weighted by molar-refractivity contribution is -0.143. The molecule has 98 valence electrons. The minimum Gasteiger partial charge on any atom is -0.468 e. The molecule has 4 bridgehead atoms. The molecule has 1 aromatic heterocycles. The van der Waals surface area contributed by atoms with Crippen LogP contribution in [0.25, 0.3) is 0 Å². The van der Waals surface area contributed by atoms with Crippen LogP contribution in [0.2, 0.25) is 0 Å². The fourth-order valence-corrected chi connectivity index (χ4v) is 5.11. The van der Waals surface area contributed by atoms with Gasteiger partial charge in [0.1, 0.15) is 5.76 Å². The number of furan rings is 1. The first-order valence-corrected chi connectivity index (χ1v) is 7.15. The lowest BCUT2D eigenvalue weighted by Crippen LogP contribution is -2.64. The summed E-state index contributed by atoms with van der Waals surface area (Å²) >= 11 is 0. The van der Waals surface area contributed by atoms with Gasteiger partial charge in [-0.3, -0.25) is 0 Å². The second kappa shape index (κ2) is 3.61. The van der Waals surface area contributed by atoms with Crippen molar-refractivity contribution >= 4 is 0 Å². The average molecular weight is 247 g/mol. The third-order valence-corrected chi connectivity index (χ3v) is 5.25. The summed E-state index contributed by atoms with van der Waals surface area (Å²) in [5.74, 6) is 2.47. The molecule has 0 spiro atoms. The molecule has 0 aromatic carbocycles. The van der Waals surface area contributed by atoms with Gasteiger partial charge in [0.15, 0.2) is 0 Å². The van der Waals surface area contributed by atoms with Crippen LogP contribution in [0.4, 0.5) is 0 Å². The van der Waals surface area contributed by atoms with E-state index in [1.807, 2.05) is 12.1 Å². The van der Waals surface area contributed by atoms with E-state index in [9.17, 15) is 5.11 Å². The van der Waals surface area contributed by atoms with Crippen LogP contribution in [-0.4, -0.2) is 16.2 Å². The molecule has 2 N–H and O–H groups in total. The number of hydrogen-bond donors (Lipinski definition) is 2. The fourth-order valence-electron chi connectivity index (χ4n) is 5.11. The highest BCUT2D eigenvalue weighted by Gasteiger charge is 2.56. The van der Waals surface area contributed by atoms with Gasteiger partial charge in [-0.15, -0.1) is 0 Å². The Labute approximate surface area is 108 Å². The van der Waals surface area contributed by atoms with Crippen LogP contribution >= 0.6 is 0 Å². The molecule has 1 heterocycles. The van der Waals surface area contributed by atoms with Gasteiger partial charge in [0.05, 0.1) is 18.4 Å². The van der Waals surface area contributed by atoms with Crippen LogP contribution in [0.5, 0.6) is 0 Å². The molecule has 4 aliphatic carbocycles. The van der Waals surface area contributed by atoms with Crippen LogP contribution in [0.15, 0.2) is 22.8 Å². The maximum Gasteiger partial charge on any atom is 0.117 e.